The first kappa shape index (κ1) is 21.3. The van der Waals surface area contributed by atoms with E-state index in [4.69, 9.17) is 14.4 Å². The lowest BCUT2D eigenvalue weighted by Gasteiger charge is -2.39. The van der Waals surface area contributed by atoms with Crippen LogP contribution < -0.4 is 0 Å². The van der Waals surface area contributed by atoms with Gasteiger partial charge in [-0.05, 0) is 12.5 Å². The van der Waals surface area contributed by atoms with Crippen LogP contribution in [0.5, 0.6) is 0 Å². The van der Waals surface area contributed by atoms with E-state index in [1.807, 2.05) is 6.92 Å². The second-order valence-corrected chi connectivity index (χ2v) is 7.06. The molecule has 24 heavy (non-hydrogen) atoms. The summed E-state index contributed by atoms with van der Waals surface area (Å²) in [5.74, 6) is 0. The van der Waals surface area contributed by atoms with Crippen LogP contribution in [0.25, 0.3) is 0 Å². The molecule has 0 saturated carbocycles. The van der Waals surface area contributed by atoms with Crippen LogP contribution in [0.1, 0.15) is 19.8 Å². The Morgan fingerprint density at radius 1 is 1.29 bits per heavy atom. The van der Waals surface area contributed by atoms with Crippen LogP contribution in [0.15, 0.2) is 17.3 Å². The zero-order valence-corrected chi connectivity index (χ0v) is 14.4. The second kappa shape index (κ2) is 9.68. The van der Waals surface area contributed by atoms with Crippen molar-refractivity contribution in [2.24, 2.45) is 5.16 Å². The number of hydrogen-bond donors (Lipinski definition) is 5. The van der Waals surface area contributed by atoms with Crippen molar-refractivity contribution in [1.82, 2.24) is 0 Å². The third kappa shape index (κ3) is 6.64. The van der Waals surface area contributed by atoms with E-state index in [0.29, 0.717) is 18.2 Å². The maximum atomic E-state index is 10.6. The van der Waals surface area contributed by atoms with Gasteiger partial charge in [0.1, 0.15) is 34.9 Å². The molecule has 1 aliphatic heterocycles. The lowest BCUT2D eigenvalue weighted by Crippen LogP contribution is -2.57. The minimum atomic E-state index is -4.81. The van der Waals surface area contributed by atoms with Crippen LogP contribution in [0, 0.1) is 0 Å². The topological polar surface area (TPSA) is 166 Å². The minimum Gasteiger partial charge on any atom is -0.394 e. The number of ether oxygens (including phenoxy) is 1. The monoisotopic (exact) mass is 387 g/mol. The summed E-state index contributed by atoms with van der Waals surface area (Å²) < 4.78 is 39.0. The van der Waals surface area contributed by atoms with Gasteiger partial charge in [0.25, 0.3) is 0 Å². The summed E-state index contributed by atoms with van der Waals surface area (Å²) in [7, 11) is -4.81. The van der Waals surface area contributed by atoms with E-state index in [1.54, 1.807) is 6.08 Å². The fourth-order valence-electron chi connectivity index (χ4n) is 1.81. The van der Waals surface area contributed by atoms with Crippen molar-refractivity contribution in [3.63, 3.8) is 0 Å². The Kier molecular flexibility index (Phi) is 8.59. The summed E-state index contributed by atoms with van der Waals surface area (Å²) in [4.78, 5) is 0. The Morgan fingerprint density at radius 2 is 1.96 bits per heavy atom. The maximum absolute atomic E-state index is 10.6. The van der Waals surface area contributed by atoms with Gasteiger partial charge in [0.05, 0.1) is 6.61 Å². The Balaban J connectivity index is 2.91. The number of hydrogen-bond acceptors (Lipinski definition) is 10. The van der Waals surface area contributed by atoms with E-state index in [1.165, 1.54) is 6.08 Å². The molecule has 5 N–H and O–H groups in total. The molecule has 140 valence electrons. The van der Waals surface area contributed by atoms with E-state index < -0.39 is 46.9 Å². The van der Waals surface area contributed by atoms with Gasteiger partial charge in [-0.15, -0.1) is 0 Å². The minimum absolute atomic E-state index is 0.0644. The maximum Gasteiger partial charge on any atom is 0.466 e. The van der Waals surface area contributed by atoms with Gasteiger partial charge in [0.15, 0.2) is 0 Å². The van der Waals surface area contributed by atoms with Gasteiger partial charge in [0, 0.05) is 0 Å². The summed E-state index contributed by atoms with van der Waals surface area (Å²) in [6, 6.07) is 0. The van der Waals surface area contributed by atoms with Crippen molar-refractivity contribution < 1.29 is 42.4 Å². The Labute approximate surface area is 143 Å². The van der Waals surface area contributed by atoms with E-state index in [9.17, 15) is 23.7 Å². The van der Waals surface area contributed by atoms with Crippen LogP contribution in [0.4, 0.5) is 0 Å². The zero-order chi connectivity index (χ0) is 18.3. The van der Waals surface area contributed by atoms with Gasteiger partial charge >= 0.3 is 10.4 Å². The summed E-state index contributed by atoms with van der Waals surface area (Å²) in [6.45, 7) is 1.32. The highest BCUT2D eigenvalue weighted by molar-refractivity contribution is 8.14. The molecule has 1 rings (SSSR count). The van der Waals surface area contributed by atoms with Gasteiger partial charge < -0.3 is 25.2 Å². The molecule has 0 unspecified atom stereocenters. The molecular formula is C12H21NO9S2. The van der Waals surface area contributed by atoms with Crippen LogP contribution in [-0.4, -0.2) is 74.9 Å². The first-order chi connectivity index (χ1) is 11.2. The summed E-state index contributed by atoms with van der Waals surface area (Å²) >= 11 is 0.698. The molecule has 0 bridgehead atoms. The quantitative estimate of drug-likeness (QED) is 0.158. The summed E-state index contributed by atoms with van der Waals surface area (Å²) in [6.07, 6.45) is -1.20. The van der Waals surface area contributed by atoms with Crippen molar-refractivity contribution in [3.8, 4) is 0 Å². The van der Waals surface area contributed by atoms with Crippen molar-refractivity contribution in [1.29, 1.82) is 0 Å². The Bertz CT molecular complexity index is 549. The standard InChI is InChI=1S/C12H21NO9S2/c1-2-3-4-5-8(13-22-24(18,19)20)23-12-11(17)10(16)9(15)7(6-14)21-12/h4-5,7,9-12,14-17H,2-3,6H2,1H3,(H,18,19,20)/b5-4+,13-8-/t7-,9-,10+,11-,12+/m1/s1. The molecule has 1 aliphatic rings. The van der Waals surface area contributed by atoms with Crippen molar-refractivity contribution in [2.45, 2.75) is 49.6 Å². The fourth-order valence-corrected chi connectivity index (χ4v) is 3.02. The number of aliphatic hydroxyl groups is 4. The Hall–Kier alpha value is -0.730. The molecular weight excluding hydrogens is 366 g/mol. The molecule has 10 nitrogen and oxygen atoms in total. The summed E-state index contributed by atoms with van der Waals surface area (Å²) in [5.41, 5.74) is -1.16. The molecule has 0 aromatic carbocycles. The predicted molar refractivity (Wildman–Crippen MR) is 85.5 cm³/mol. The molecule has 1 heterocycles. The van der Waals surface area contributed by atoms with Gasteiger partial charge in [-0.25, -0.2) is 4.28 Å². The van der Waals surface area contributed by atoms with E-state index in [0.717, 1.165) is 6.42 Å². The average molecular weight is 387 g/mol. The molecule has 0 aromatic heterocycles. The fraction of sp³-hybridized carbons (Fsp3) is 0.750. The molecule has 0 spiro atoms. The molecule has 0 aromatic rings. The van der Waals surface area contributed by atoms with Crippen molar-refractivity contribution >= 4 is 27.2 Å². The van der Waals surface area contributed by atoms with Gasteiger partial charge in [-0.2, -0.15) is 8.42 Å². The molecule has 0 radical (unpaired) electrons. The third-order valence-corrected chi connectivity index (χ3v) is 4.36. The number of allylic oxidation sites excluding steroid dienone is 1. The van der Waals surface area contributed by atoms with Crippen LogP contribution >= 0.6 is 11.8 Å². The second-order valence-electron chi connectivity index (χ2n) is 4.94. The number of rotatable bonds is 7. The highest BCUT2D eigenvalue weighted by Crippen LogP contribution is 2.29. The molecule has 1 saturated heterocycles. The van der Waals surface area contributed by atoms with Crippen LogP contribution in [0.2, 0.25) is 0 Å². The normalized spacial score (nSPS) is 32.2. The number of unbranched alkanes of at least 4 members (excludes halogenated alkanes) is 1. The smallest absolute Gasteiger partial charge is 0.394 e. The van der Waals surface area contributed by atoms with Crippen molar-refractivity contribution in [3.05, 3.63) is 12.2 Å². The number of oxime groups is 1. The first-order valence-corrected chi connectivity index (χ1v) is 9.31. The van der Waals surface area contributed by atoms with E-state index >= 15 is 0 Å². The molecule has 12 heteroatoms. The highest BCUT2D eigenvalue weighted by Gasteiger charge is 2.44. The van der Waals surface area contributed by atoms with Crippen LogP contribution in [-0.2, 0) is 19.4 Å². The SMILES string of the molecule is CCC/C=C/C(=N/OS(=O)(=O)O)S[C@@H]1O[C@H](CO)[C@@H](O)[C@H](O)[C@H]1O. The molecule has 1 fully saturated rings. The summed E-state index contributed by atoms with van der Waals surface area (Å²) in [5, 5.41) is 41.7. The molecule has 5 atom stereocenters. The van der Waals surface area contributed by atoms with Crippen LogP contribution in [0.3, 0.4) is 0 Å². The number of aliphatic hydroxyl groups excluding tert-OH is 4. The van der Waals surface area contributed by atoms with E-state index in [2.05, 4.69) is 9.44 Å². The lowest BCUT2D eigenvalue weighted by atomic mass is 10.0. The van der Waals surface area contributed by atoms with Crippen molar-refractivity contribution in [2.75, 3.05) is 6.61 Å². The largest absolute Gasteiger partial charge is 0.466 e. The predicted octanol–water partition coefficient (Wildman–Crippen LogP) is -0.991. The van der Waals surface area contributed by atoms with E-state index in [-0.39, 0.29) is 5.04 Å². The number of thioether (sulfide) groups is 1. The van der Waals surface area contributed by atoms with Gasteiger partial charge in [-0.1, -0.05) is 36.3 Å². The molecule has 0 aliphatic carbocycles. The third-order valence-electron chi connectivity index (χ3n) is 3.02. The lowest BCUT2D eigenvalue weighted by molar-refractivity contribution is -0.205. The van der Waals surface area contributed by atoms with Gasteiger partial charge in [0.2, 0.25) is 0 Å². The number of nitrogens with zero attached hydrogens (tertiary/aromatic N) is 1. The molecule has 0 amide bonds. The zero-order valence-electron chi connectivity index (χ0n) is 12.8. The highest BCUT2D eigenvalue weighted by atomic mass is 32.3. The Morgan fingerprint density at radius 3 is 2.50 bits per heavy atom. The average Bonchev–Trinajstić information content (AvgIpc) is 2.52. The first-order valence-electron chi connectivity index (χ1n) is 7.07. The van der Waals surface area contributed by atoms with Gasteiger partial charge in [-0.3, -0.25) is 4.55 Å².